The Labute approximate surface area is 86.7 Å². The Morgan fingerprint density at radius 2 is 1.93 bits per heavy atom. The van der Waals surface area contributed by atoms with Gasteiger partial charge < -0.3 is 24.8 Å². The zero-order chi connectivity index (χ0) is 11.6. The van der Waals surface area contributed by atoms with Crippen molar-refractivity contribution in [1.29, 1.82) is 0 Å². The summed E-state index contributed by atoms with van der Waals surface area (Å²) in [6, 6.07) is 0. The molecule has 1 rings (SSSR count). The van der Waals surface area contributed by atoms with E-state index < -0.39 is 36.7 Å². The van der Waals surface area contributed by atoms with Gasteiger partial charge in [0.25, 0.3) is 0 Å². The number of hydrogen-bond acceptors (Lipinski definition) is 6. The van der Waals surface area contributed by atoms with Gasteiger partial charge in [0.2, 0.25) is 6.29 Å². The van der Waals surface area contributed by atoms with E-state index in [1.54, 1.807) is 0 Å². The maximum absolute atomic E-state index is 10.8. The Morgan fingerprint density at radius 1 is 1.33 bits per heavy atom. The number of rotatable bonds is 2. The van der Waals surface area contributed by atoms with Crippen LogP contribution in [0.1, 0.15) is 6.92 Å². The smallest absolute Gasteiger partial charge is 0.332 e. The van der Waals surface area contributed by atoms with E-state index in [1.165, 1.54) is 6.92 Å². The van der Waals surface area contributed by atoms with Crippen LogP contribution in [0.15, 0.2) is 12.7 Å². The largest absolute Gasteiger partial charge is 0.430 e. The molecule has 1 aliphatic heterocycles. The molecule has 1 saturated heterocycles. The van der Waals surface area contributed by atoms with Gasteiger partial charge in [0.1, 0.15) is 18.3 Å². The van der Waals surface area contributed by atoms with Crippen molar-refractivity contribution in [3.8, 4) is 0 Å². The van der Waals surface area contributed by atoms with Crippen LogP contribution in [0.4, 0.5) is 0 Å². The normalized spacial score (nSPS) is 40.9. The van der Waals surface area contributed by atoms with Crippen LogP contribution in [0.25, 0.3) is 0 Å². The van der Waals surface area contributed by atoms with Crippen LogP contribution in [-0.4, -0.2) is 52.0 Å². The predicted molar refractivity (Wildman–Crippen MR) is 48.6 cm³/mol. The molecule has 1 unspecified atom stereocenters. The molecule has 15 heavy (non-hydrogen) atoms. The average molecular weight is 218 g/mol. The van der Waals surface area contributed by atoms with E-state index in [0.29, 0.717) is 0 Å². The highest BCUT2D eigenvalue weighted by Gasteiger charge is 2.43. The predicted octanol–water partition coefficient (Wildman–Crippen LogP) is -1.46. The van der Waals surface area contributed by atoms with Crippen LogP contribution in [0.2, 0.25) is 0 Å². The van der Waals surface area contributed by atoms with Gasteiger partial charge in [-0.15, -0.1) is 0 Å². The van der Waals surface area contributed by atoms with E-state index >= 15 is 0 Å². The fourth-order valence-electron chi connectivity index (χ4n) is 1.27. The Hall–Kier alpha value is -0.950. The van der Waals surface area contributed by atoms with Crippen molar-refractivity contribution in [2.24, 2.45) is 0 Å². The summed E-state index contributed by atoms with van der Waals surface area (Å²) >= 11 is 0. The summed E-state index contributed by atoms with van der Waals surface area (Å²) in [5.41, 5.74) is 0. The lowest BCUT2D eigenvalue weighted by molar-refractivity contribution is -0.283. The number of esters is 1. The number of aliphatic hydroxyl groups excluding tert-OH is 3. The molecule has 1 fully saturated rings. The second kappa shape index (κ2) is 4.71. The second-order valence-electron chi connectivity index (χ2n) is 3.32. The summed E-state index contributed by atoms with van der Waals surface area (Å²) in [5, 5.41) is 28.1. The van der Waals surface area contributed by atoms with Gasteiger partial charge in [-0.05, 0) is 6.92 Å². The molecule has 0 aromatic rings. The standard InChI is InChI=1S/C9H14O6/c1-3-5(10)15-9-8(13)7(12)6(11)4(2)14-9/h3-4,6-9,11-13H,1H2,2H3/t4-,6-,7+,8+,9?/m0/s1. The molecule has 0 spiro atoms. The minimum absolute atomic E-state index is 0.731. The highest BCUT2D eigenvalue weighted by Crippen LogP contribution is 2.21. The second-order valence-corrected chi connectivity index (χ2v) is 3.32. The molecule has 0 amide bonds. The molecule has 5 atom stereocenters. The first kappa shape index (κ1) is 12.1. The molecule has 0 bridgehead atoms. The third kappa shape index (κ3) is 2.54. The summed E-state index contributed by atoms with van der Waals surface area (Å²) in [5.74, 6) is -0.769. The molecule has 0 aromatic carbocycles. The number of carbonyl (C=O) groups is 1. The molecule has 0 radical (unpaired) electrons. The lowest BCUT2D eigenvalue weighted by Gasteiger charge is -2.38. The molecule has 3 N–H and O–H groups in total. The number of hydrogen-bond donors (Lipinski definition) is 3. The fourth-order valence-corrected chi connectivity index (χ4v) is 1.27. The van der Waals surface area contributed by atoms with E-state index in [4.69, 9.17) is 4.74 Å². The van der Waals surface area contributed by atoms with Crippen molar-refractivity contribution < 1.29 is 29.6 Å². The molecule has 1 aliphatic rings. The van der Waals surface area contributed by atoms with Gasteiger partial charge >= 0.3 is 5.97 Å². The maximum atomic E-state index is 10.8. The van der Waals surface area contributed by atoms with Gasteiger partial charge in [0, 0.05) is 6.08 Å². The van der Waals surface area contributed by atoms with E-state index in [9.17, 15) is 20.1 Å². The van der Waals surface area contributed by atoms with Gasteiger partial charge in [-0.3, -0.25) is 0 Å². The highest BCUT2D eigenvalue weighted by atomic mass is 16.7. The van der Waals surface area contributed by atoms with Gasteiger partial charge in [-0.2, -0.15) is 0 Å². The van der Waals surface area contributed by atoms with Gasteiger partial charge in [-0.25, -0.2) is 4.79 Å². The van der Waals surface area contributed by atoms with Crippen LogP contribution in [0.5, 0.6) is 0 Å². The summed E-state index contributed by atoms with van der Waals surface area (Å²) in [4.78, 5) is 10.8. The molecule has 0 aromatic heterocycles. The van der Waals surface area contributed by atoms with Crippen LogP contribution in [-0.2, 0) is 14.3 Å². The summed E-state index contributed by atoms with van der Waals surface area (Å²) < 4.78 is 9.64. The van der Waals surface area contributed by atoms with E-state index in [-0.39, 0.29) is 0 Å². The Morgan fingerprint density at radius 3 is 2.47 bits per heavy atom. The fraction of sp³-hybridized carbons (Fsp3) is 0.667. The monoisotopic (exact) mass is 218 g/mol. The van der Waals surface area contributed by atoms with Crippen molar-refractivity contribution >= 4 is 5.97 Å². The lowest BCUT2D eigenvalue weighted by Crippen LogP contribution is -2.57. The summed E-state index contributed by atoms with van der Waals surface area (Å²) in [6.45, 7) is 4.68. The Bertz CT molecular complexity index is 253. The third-order valence-corrected chi connectivity index (χ3v) is 2.21. The molecule has 0 aliphatic carbocycles. The first-order chi connectivity index (χ1) is 6.97. The Balaban J connectivity index is 2.66. The first-order valence-corrected chi connectivity index (χ1v) is 4.50. The Kier molecular flexibility index (Phi) is 3.81. The van der Waals surface area contributed by atoms with Crippen molar-refractivity contribution in [1.82, 2.24) is 0 Å². The summed E-state index contributed by atoms with van der Waals surface area (Å²) in [7, 11) is 0. The van der Waals surface area contributed by atoms with Gasteiger partial charge in [0.05, 0.1) is 6.10 Å². The zero-order valence-corrected chi connectivity index (χ0v) is 8.24. The van der Waals surface area contributed by atoms with Crippen molar-refractivity contribution in [3.63, 3.8) is 0 Å². The topological polar surface area (TPSA) is 96.2 Å². The van der Waals surface area contributed by atoms with Crippen LogP contribution in [0.3, 0.4) is 0 Å². The molecular formula is C9H14O6. The lowest BCUT2D eigenvalue weighted by atomic mass is 10.0. The quantitative estimate of drug-likeness (QED) is 0.387. The number of ether oxygens (including phenoxy) is 2. The molecule has 1 heterocycles. The third-order valence-electron chi connectivity index (χ3n) is 2.21. The minimum atomic E-state index is -1.47. The first-order valence-electron chi connectivity index (χ1n) is 4.50. The highest BCUT2D eigenvalue weighted by molar-refractivity contribution is 5.81. The van der Waals surface area contributed by atoms with Crippen LogP contribution in [0, 0.1) is 0 Å². The summed E-state index contributed by atoms with van der Waals surface area (Å²) in [6.07, 6.45) is -5.19. The van der Waals surface area contributed by atoms with Crippen molar-refractivity contribution in [2.75, 3.05) is 0 Å². The maximum Gasteiger partial charge on any atom is 0.332 e. The van der Waals surface area contributed by atoms with Gasteiger partial charge in [-0.1, -0.05) is 6.58 Å². The molecular weight excluding hydrogens is 204 g/mol. The number of carbonyl (C=O) groups excluding carboxylic acids is 1. The minimum Gasteiger partial charge on any atom is -0.430 e. The van der Waals surface area contributed by atoms with Gasteiger partial charge in [0.15, 0.2) is 0 Å². The van der Waals surface area contributed by atoms with Crippen molar-refractivity contribution in [2.45, 2.75) is 37.6 Å². The van der Waals surface area contributed by atoms with Crippen molar-refractivity contribution in [3.05, 3.63) is 12.7 Å². The molecule has 86 valence electrons. The molecule has 6 heteroatoms. The van der Waals surface area contributed by atoms with Crippen LogP contribution < -0.4 is 0 Å². The molecule has 0 saturated carbocycles. The zero-order valence-electron chi connectivity index (χ0n) is 8.24. The van der Waals surface area contributed by atoms with E-state index in [1.807, 2.05) is 0 Å². The average Bonchev–Trinajstić information content (AvgIpc) is 2.22. The van der Waals surface area contributed by atoms with E-state index in [2.05, 4.69) is 11.3 Å². The van der Waals surface area contributed by atoms with E-state index in [0.717, 1.165) is 6.08 Å². The molecule has 6 nitrogen and oxygen atoms in total. The van der Waals surface area contributed by atoms with Crippen LogP contribution >= 0.6 is 0 Å². The number of aliphatic hydroxyl groups is 3. The SMILES string of the molecule is C=CC(=O)OC1O[C@@H](C)[C@H](O)[C@@H](O)[C@H]1O.